The molecular formula is C5H16O10P2+2. The molecule has 0 atom stereocenters. The van der Waals surface area contributed by atoms with Crippen LogP contribution in [0.1, 0.15) is 0 Å². The molecule has 0 fully saturated rings. The fourth-order valence-corrected chi connectivity index (χ4v) is 0.300. The molecule has 0 unspecified atom stereocenters. The predicted molar refractivity (Wildman–Crippen MR) is 54.9 cm³/mol. The molecule has 12 heteroatoms. The van der Waals surface area contributed by atoms with Gasteiger partial charge in [-0.25, -0.2) is 0 Å². The van der Waals surface area contributed by atoms with Crippen molar-refractivity contribution in [1.29, 1.82) is 0 Å². The van der Waals surface area contributed by atoms with E-state index in [1.54, 1.807) is 0 Å². The van der Waals surface area contributed by atoms with Gasteiger partial charge in [0, 0.05) is 9.13 Å². The number of hydrogen-bond acceptors (Lipinski definition) is 6. The van der Waals surface area contributed by atoms with Crippen molar-refractivity contribution in [1.82, 2.24) is 0 Å². The van der Waals surface area contributed by atoms with Gasteiger partial charge in [0.25, 0.3) is 0 Å². The van der Waals surface area contributed by atoms with Crippen LogP contribution in [-0.4, -0.2) is 66.4 Å². The molecule has 17 heavy (non-hydrogen) atoms. The molecule has 0 aromatic heterocycles. The van der Waals surface area contributed by atoms with Crippen molar-refractivity contribution in [2.75, 3.05) is 26.4 Å². The summed E-state index contributed by atoms with van der Waals surface area (Å²) in [6, 6.07) is 0. The van der Waals surface area contributed by atoms with Gasteiger partial charge in [0.15, 0.2) is 0 Å². The van der Waals surface area contributed by atoms with Crippen molar-refractivity contribution in [3.63, 3.8) is 0 Å². The molecule has 0 aliphatic heterocycles. The summed E-state index contributed by atoms with van der Waals surface area (Å²) in [6.07, 6.45) is 0. The van der Waals surface area contributed by atoms with Crippen molar-refractivity contribution >= 4 is 16.5 Å². The van der Waals surface area contributed by atoms with Gasteiger partial charge in [-0.05, 0) is 0 Å². The fourth-order valence-electron chi connectivity index (χ4n) is 0.300. The molecule has 0 aromatic carbocycles. The van der Waals surface area contributed by atoms with E-state index in [9.17, 15) is 0 Å². The summed E-state index contributed by atoms with van der Waals surface area (Å²) in [7, 11) is -5.74. The Bertz CT molecular complexity index is 167. The first kappa shape index (κ1) is 22.1. The summed E-state index contributed by atoms with van der Waals surface area (Å²) >= 11 is 0. The standard InChI is InChI=1S/C5H12O4.2HO3P/c6-1-5(2-7,3-8)4-9;2*1-4(2)3/h6-9H,1-4H2;2*(H-,1,2,3)/p+2. The van der Waals surface area contributed by atoms with Crippen LogP contribution in [0.3, 0.4) is 0 Å². The summed E-state index contributed by atoms with van der Waals surface area (Å²) in [4.78, 5) is 28.5. The molecule has 8 N–H and O–H groups in total. The molecule has 10 nitrogen and oxygen atoms in total. The maximum Gasteiger partial charge on any atom is 0.692 e. The molecule has 0 bridgehead atoms. The Labute approximate surface area is 98.3 Å². The minimum atomic E-state index is -2.87. The van der Waals surface area contributed by atoms with E-state index in [2.05, 4.69) is 0 Å². The number of aliphatic hydroxyl groups is 4. The molecule has 0 saturated heterocycles. The molecule has 104 valence electrons. The van der Waals surface area contributed by atoms with Gasteiger partial charge in [-0.2, -0.15) is 0 Å². The average molecular weight is 298 g/mol. The Morgan fingerprint density at radius 2 is 0.765 bits per heavy atom. The molecule has 0 spiro atoms. The van der Waals surface area contributed by atoms with Gasteiger partial charge < -0.3 is 20.4 Å². The molecule has 0 aliphatic carbocycles. The zero-order valence-electron chi connectivity index (χ0n) is 8.62. The Balaban J connectivity index is -0.000000205. The highest BCUT2D eigenvalue weighted by atomic mass is 31.1. The third-order valence-corrected chi connectivity index (χ3v) is 1.34. The molecule has 0 amide bonds. The van der Waals surface area contributed by atoms with Crippen molar-refractivity contribution in [2.45, 2.75) is 0 Å². The van der Waals surface area contributed by atoms with Crippen molar-refractivity contribution < 1.29 is 49.1 Å². The van der Waals surface area contributed by atoms with E-state index in [-0.39, 0.29) is 0 Å². The van der Waals surface area contributed by atoms with Crippen molar-refractivity contribution in [3.8, 4) is 0 Å². The first-order valence-corrected chi connectivity index (χ1v) is 6.17. The topological polar surface area (TPSA) is 196 Å². The van der Waals surface area contributed by atoms with Gasteiger partial charge in [-0.1, -0.05) is 0 Å². The maximum atomic E-state index is 8.70. The first-order valence-electron chi connectivity index (χ1n) is 3.84. The SMILES string of the molecule is O=[P+](O)O.O=[P+](O)O.OCC(CO)(CO)CO. The summed E-state index contributed by atoms with van der Waals surface area (Å²) in [5.74, 6) is 0. The maximum absolute atomic E-state index is 8.70. The van der Waals surface area contributed by atoms with Gasteiger partial charge in [-0.15, -0.1) is 19.6 Å². The number of hydrogen-bond donors (Lipinski definition) is 8. The summed E-state index contributed by atoms with van der Waals surface area (Å²) < 4.78 is 17.4. The lowest BCUT2D eigenvalue weighted by Gasteiger charge is -2.23. The summed E-state index contributed by atoms with van der Waals surface area (Å²) in [5.41, 5.74) is -1.11. The average Bonchev–Trinajstić information content (AvgIpc) is 2.20. The Morgan fingerprint density at radius 3 is 0.765 bits per heavy atom. The monoisotopic (exact) mass is 298 g/mol. The highest BCUT2D eigenvalue weighted by Gasteiger charge is 2.26. The second kappa shape index (κ2) is 13.9. The Hall–Kier alpha value is -0.120. The van der Waals surface area contributed by atoms with E-state index in [4.69, 9.17) is 49.1 Å². The van der Waals surface area contributed by atoms with Crippen LogP contribution in [0.15, 0.2) is 0 Å². The van der Waals surface area contributed by atoms with E-state index in [1.165, 1.54) is 0 Å². The highest BCUT2D eigenvalue weighted by molar-refractivity contribution is 7.31. The number of rotatable bonds is 4. The molecular weight excluding hydrogens is 282 g/mol. The van der Waals surface area contributed by atoms with Crippen LogP contribution in [0.2, 0.25) is 0 Å². The fraction of sp³-hybridized carbons (Fsp3) is 1.00. The zero-order chi connectivity index (χ0) is 14.5. The predicted octanol–water partition coefficient (Wildman–Crippen LogP) is -2.80. The van der Waals surface area contributed by atoms with Gasteiger partial charge in [0.05, 0.1) is 31.8 Å². The Morgan fingerprint density at radius 1 is 0.647 bits per heavy atom. The highest BCUT2D eigenvalue weighted by Crippen LogP contribution is 2.11. The molecule has 0 aliphatic rings. The van der Waals surface area contributed by atoms with Crippen LogP contribution in [0, 0.1) is 5.41 Å². The second-order valence-electron chi connectivity index (χ2n) is 2.64. The van der Waals surface area contributed by atoms with Gasteiger partial charge in [-0.3, -0.25) is 0 Å². The summed E-state index contributed by atoms with van der Waals surface area (Å²) in [5, 5.41) is 34.0. The summed E-state index contributed by atoms with van der Waals surface area (Å²) in [6.45, 7) is -1.62. The van der Waals surface area contributed by atoms with Crippen LogP contribution < -0.4 is 0 Å². The van der Waals surface area contributed by atoms with E-state index < -0.39 is 48.4 Å². The van der Waals surface area contributed by atoms with Crippen molar-refractivity contribution in [3.05, 3.63) is 0 Å². The van der Waals surface area contributed by atoms with E-state index in [0.29, 0.717) is 0 Å². The smallest absolute Gasteiger partial charge is 0.396 e. The lowest BCUT2D eigenvalue weighted by Crippen LogP contribution is -2.37. The van der Waals surface area contributed by atoms with Crippen LogP contribution in [0.5, 0.6) is 0 Å². The van der Waals surface area contributed by atoms with E-state index >= 15 is 0 Å². The molecule has 0 rings (SSSR count). The van der Waals surface area contributed by atoms with Gasteiger partial charge in [0.2, 0.25) is 0 Å². The lowest BCUT2D eigenvalue weighted by atomic mass is 9.93. The molecule has 0 heterocycles. The van der Waals surface area contributed by atoms with Crippen LogP contribution in [0.25, 0.3) is 0 Å². The van der Waals surface area contributed by atoms with Crippen LogP contribution >= 0.6 is 16.5 Å². The largest absolute Gasteiger partial charge is 0.692 e. The van der Waals surface area contributed by atoms with Gasteiger partial charge >= 0.3 is 16.5 Å². The molecule has 0 saturated carbocycles. The lowest BCUT2D eigenvalue weighted by molar-refractivity contribution is -0.0328. The van der Waals surface area contributed by atoms with Crippen LogP contribution in [0.4, 0.5) is 0 Å². The molecule has 0 aromatic rings. The zero-order valence-corrected chi connectivity index (χ0v) is 10.4. The van der Waals surface area contributed by atoms with E-state index in [1.807, 2.05) is 0 Å². The third kappa shape index (κ3) is 21.7. The third-order valence-electron chi connectivity index (χ3n) is 1.34. The molecule has 0 radical (unpaired) electrons. The van der Waals surface area contributed by atoms with E-state index in [0.717, 1.165) is 0 Å². The minimum Gasteiger partial charge on any atom is -0.396 e. The van der Waals surface area contributed by atoms with Crippen LogP contribution in [-0.2, 0) is 9.13 Å². The first-order chi connectivity index (χ1) is 7.71. The minimum absolute atomic E-state index is 0.406. The Kier molecular flexibility index (Phi) is 18.1. The quantitative estimate of drug-likeness (QED) is 0.251. The second-order valence-corrected chi connectivity index (χ2v) is 3.65. The van der Waals surface area contributed by atoms with Crippen molar-refractivity contribution in [2.24, 2.45) is 5.41 Å². The van der Waals surface area contributed by atoms with Gasteiger partial charge in [0.1, 0.15) is 0 Å². The number of aliphatic hydroxyl groups excluding tert-OH is 4. The normalized spacial score (nSPS) is 9.41.